The van der Waals surface area contributed by atoms with Gasteiger partial charge in [-0.25, -0.2) is 0 Å². The Morgan fingerprint density at radius 3 is 2.63 bits per heavy atom. The molecule has 2 nitrogen and oxygen atoms in total. The summed E-state index contributed by atoms with van der Waals surface area (Å²) in [4.78, 5) is 14.8. The molecule has 1 amide bonds. The van der Waals surface area contributed by atoms with E-state index in [1.807, 2.05) is 18.2 Å². The Bertz CT molecular complexity index is 493. The van der Waals surface area contributed by atoms with Crippen molar-refractivity contribution in [2.24, 2.45) is 11.8 Å². The molecule has 19 heavy (non-hydrogen) atoms. The van der Waals surface area contributed by atoms with Crippen LogP contribution in [0, 0.1) is 15.4 Å². The van der Waals surface area contributed by atoms with Crippen molar-refractivity contribution in [3.63, 3.8) is 0 Å². The van der Waals surface area contributed by atoms with Crippen molar-refractivity contribution in [1.29, 1.82) is 0 Å². The maximum atomic E-state index is 12.7. The normalized spacial score (nSPS) is 26.3. The fourth-order valence-electron chi connectivity index (χ4n) is 3.43. The van der Waals surface area contributed by atoms with Crippen LogP contribution in [0.1, 0.15) is 36.0 Å². The summed E-state index contributed by atoms with van der Waals surface area (Å²) in [6, 6.07) is 5.98. The van der Waals surface area contributed by atoms with Crippen molar-refractivity contribution in [2.45, 2.75) is 25.7 Å². The van der Waals surface area contributed by atoms with E-state index in [1.54, 1.807) is 0 Å². The van der Waals surface area contributed by atoms with E-state index in [-0.39, 0.29) is 5.91 Å². The standard InChI is InChI=1S/C15H17BrINO/c16-14-5-4-12(17)7-13(14)15(19)18-8-10-2-1-3-11(6-10)9-18/h4-5,7,10-11H,1-3,6,8-9H2. The summed E-state index contributed by atoms with van der Waals surface area (Å²) >= 11 is 5.77. The Balaban J connectivity index is 1.82. The van der Waals surface area contributed by atoms with E-state index in [1.165, 1.54) is 25.7 Å². The van der Waals surface area contributed by atoms with Gasteiger partial charge in [0, 0.05) is 21.1 Å². The number of fused-ring (bicyclic) bond motifs is 2. The predicted molar refractivity (Wildman–Crippen MR) is 88.2 cm³/mol. The second-order valence-electron chi connectivity index (χ2n) is 5.73. The van der Waals surface area contributed by atoms with E-state index in [0.717, 1.165) is 38.5 Å². The van der Waals surface area contributed by atoms with Gasteiger partial charge in [-0.15, -0.1) is 0 Å². The van der Waals surface area contributed by atoms with Gasteiger partial charge in [-0.3, -0.25) is 4.79 Å². The molecule has 0 radical (unpaired) electrons. The van der Waals surface area contributed by atoms with E-state index < -0.39 is 0 Å². The molecule has 1 saturated carbocycles. The lowest BCUT2D eigenvalue weighted by Gasteiger charge is -2.41. The number of nitrogens with zero attached hydrogens (tertiary/aromatic N) is 1. The van der Waals surface area contributed by atoms with Gasteiger partial charge in [-0.1, -0.05) is 6.42 Å². The Hall–Kier alpha value is -0.100. The summed E-state index contributed by atoms with van der Waals surface area (Å²) in [5, 5.41) is 0. The molecule has 2 unspecified atom stereocenters. The van der Waals surface area contributed by atoms with Crippen LogP contribution in [0.4, 0.5) is 0 Å². The first-order chi connectivity index (χ1) is 9.13. The van der Waals surface area contributed by atoms with Gasteiger partial charge in [0.15, 0.2) is 0 Å². The van der Waals surface area contributed by atoms with Crippen molar-refractivity contribution >= 4 is 44.4 Å². The van der Waals surface area contributed by atoms with Gasteiger partial charge in [0.1, 0.15) is 0 Å². The van der Waals surface area contributed by atoms with Gasteiger partial charge in [0.05, 0.1) is 5.56 Å². The third-order valence-electron chi connectivity index (χ3n) is 4.29. The first kappa shape index (κ1) is 13.9. The molecule has 0 aromatic heterocycles. The molecule has 102 valence electrons. The number of hydrogen-bond acceptors (Lipinski definition) is 1. The first-order valence-electron chi connectivity index (χ1n) is 6.88. The van der Waals surface area contributed by atoms with Crippen LogP contribution in [0.5, 0.6) is 0 Å². The molecule has 2 bridgehead atoms. The number of benzene rings is 1. The fraction of sp³-hybridized carbons (Fsp3) is 0.533. The third kappa shape index (κ3) is 2.99. The van der Waals surface area contributed by atoms with Crippen molar-refractivity contribution in [3.05, 3.63) is 31.8 Å². The Kier molecular flexibility index (Phi) is 4.17. The Labute approximate surface area is 136 Å². The molecule has 1 saturated heterocycles. The molecular weight excluding hydrogens is 417 g/mol. The maximum Gasteiger partial charge on any atom is 0.255 e. The second-order valence-corrected chi connectivity index (χ2v) is 7.83. The molecule has 0 N–H and O–H groups in total. The molecular formula is C15H17BrINO. The molecule has 1 aromatic rings. The molecule has 0 spiro atoms. The third-order valence-corrected chi connectivity index (χ3v) is 5.66. The minimum atomic E-state index is 0.196. The molecule has 3 rings (SSSR count). The van der Waals surface area contributed by atoms with Gasteiger partial charge in [0.25, 0.3) is 5.91 Å². The van der Waals surface area contributed by atoms with Crippen molar-refractivity contribution < 1.29 is 4.79 Å². The van der Waals surface area contributed by atoms with Crippen molar-refractivity contribution in [2.75, 3.05) is 13.1 Å². The highest BCUT2D eigenvalue weighted by Crippen LogP contribution is 2.35. The van der Waals surface area contributed by atoms with Crippen LogP contribution in [-0.2, 0) is 0 Å². The lowest BCUT2D eigenvalue weighted by molar-refractivity contribution is 0.0503. The highest BCUT2D eigenvalue weighted by atomic mass is 127. The Morgan fingerprint density at radius 2 is 1.95 bits per heavy atom. The zero-order chi connectivity index (χ0) is 13.4. The van der Waals surface area contributed by atoms with Crippen LogP contribution >= 0.6 is 38.5 Å². The monoisotopic (exact) mass is 433 g/mol. The van der Waals surface area contributed by atoms with Gasteiger partial charge in [-0.2, -0.15) is 0 Å². The summed E-state index contributed by atoms with van der Waals surface area (Å²) in [7, 11) is 0. The lowest BCUT2D eigenvalue weighted by atomic mass is 9.78. The van der Waals surface area contributed by atoms with Crippen LogP contribution in [0.15, 0.2) is 22.7 Å². The van der Waals surface area contributed by atoms with Gasteiger partial charge in [-0.05, 0) is 87.8 Å². The van der Waals surface area contributed by atoms with Crippen LogP contribution in [0.3, 0.4) is 0 Å². The van der Waals surface area contributed by atoms with Crippen LogP contribution in [0.2, 0.25) is 0 Å². The van der Waals surface area contributed by atoms with Gasteiger partial charge in [0.2, 0.25) is 0 Å². The zero-order valence-corrected chi connectivity index (χ0v) is 14.5. The molecule has 2 aliphatic rings. The van der Waals surface area contributed by atoms with Crippen LogP contribution in [0.25, 0.3) is 0 Å². The summed E-state index contributed by atoms with van der Waals surface area (Å²) < 4.78 is 2.02. The Morgan fingerprint density at radius 1 is 1.26 bits per heavy atom. The highest BCUT2D eigenvalue weighted by Gasteiger charge is 2.33. The number of carbonyl (C=O) groups excluding carboxylic acids is 1. The molecule has 2 fully saturated rings. The number of likely N-dealkylation sites (tertiary alicyclic amines) is 1. The topological polar surface area (TPSA) is 20.3 Å². The first-order valence-corrected chi connectivity index (χ1v) is 8.75. The number of amides is 1. The fourth-order valence-corrected chi connectivity index (χ4v) is 4.34. The summed E-state index contributed by atoms with van der Waals surface area (Å²) in [6.07, 6.45) is 5.28. The molecule has 1 heterocycles. The number of carbonyl (C=O) groups is 1. The lowest BCUT2D eigenvalue weighted by Crippen LogP contribution is -2.45. The average molecular weight is 434 g/mol. The number of rotatable bonds is 1. The SMILES string of the molecule is O=C(c1cc(I)ccc1Br)N1CC2CCCC(C2)C1. The summed E-state index contributed by atoms with van der Waals surface area (Å²) in [5.41, 5.74) is 0.812. The number of halogens is 2. The predicted octanol–water partition coefficient (Wildman–Crippen LogP) is 4.32. The quantitative estimate of drug-likeness (QED) is 0.604. The van der Waals surface area contributed by atoms with Crippen molar-refractivity contribution in [3.8, 4) is 0 Å². The minimum absolute atomic E-state index is 0.196. The second kappa shape index (κ2) is 5.72. The minimum Gasteiger partial charge on any atom is -0.338 e. The highest BCUT2D eigenvalue weighted by molar-refractivity contribution is 14.1. The number of hydrogen-bond donors (Lipinski definition) is 0. The van der Waals surface area contributed by atoms with E-state index in [4.69, 9.17) is 0 Å². The molecule has 1 aromatic carbocycles. The van der Waals surface area contributed by atoms with E-state index in [0.29, 0.717) is 0 Å². The van der Waals surface area contributed by atoms with E-state index in [2.05, 4.69) is 43.4 Å². The number of piperidine rings is 1. The van der Waals surface area contributed by atoms with Crippen molar-refractivity contribution in [1.82, 2.24) is 4.90 Å². The molecule has 1 aliphatic carbocycles. The largest absolute Gasteiger partial charge is 0.338 e. The van der Waals surface area contributed by atoms with Gasteiger partial charge < -0.3 is 4.90 Å². The summed E-state index contributed by atoms with van der Waals surface area (Å²) in [5.74, 6) is 1.66. The van der Waals surface area contributed by atoms with Crippen LogP contribution in [-0.4, -0.2) is 23.9 Å². The zero-order valence-electron chi connectivity index (χ0n) is 10.7. The average Bonchev–Trinajstić information content (AvgIpc) is 2.40. The summed E-state index contributed by atoms with van der Waals surface area (Å²) in [6.45, 7) is 1.90. The maximum absolute atomic E-state index is 12.7. The van der Waals surface area contributed by atoms with Gasteiger partial charge >= 0.3 is 0 Å². The molecule has 1 aliphatic heterocycles. The molecule has 2 atom stereocenters. The van der Waals surface area contributed by atoms with E-state index in [9.17, 15) is 4.79 Å². The van der Waals surface area contributed by atoms with E-state index >= 15 is 0 Å². The molecule has 4 heteroatoms. The smallest absolute Gasteiger partial charge is 0.255 e. The van der Waals surface area contributed by atoms with Crippen LogP contribution < -0.4 is 0 Å².